The molecule has 27 heavy (non-hydrogen) atoms. The molecule has 8 heteroatoms. The second-order valence-electron chi connectivity index (χ2n) is 5.90. The normalized spacial score (nSPS) is 10.1. The third-order valence-corrected chi connectivity index (χ3v) is 3.40. The second-order valence-corrected chi connectivity index (χ2v) is 6.34. The number of benzene rings is 2. The van der Waals surface area contributed by atoms with Crippen LogP contribution < -0.4 is 15.8 Å². The predicted octanol–water partition coefficient (Wildman–Crippen LogP) is 3.61. The maximum atomic E-state index is 11.9. The number of rotatable bonds is 4. The maximum Gasteiger partial charge on any atom is 0.302 e. The number of oxazole rings is 1. The first-order valence-electron chi connectivity index (χ1n) is 8.06. The summed E-state index contributed by atoms with van der Waals surface area (Å²) in [5.41, 5.74) is 7.77. The van der Waals surface area contributed by atoms with Crippen molar-refractivity contribution in [1.82, 2.24) is 4.98 Å². The van der Waals surface area contributed by atoms with Crippen LogP contribution in [0, 0.1) is 13.8 Å². The Morgan fingerprint density at radius 1 is 1.19 bits per heavy atom. The first-order valence-corrected chi connectivity index (χ1v) is 8.44. The Balaban J connectivity index is 0.000000596. The molecule has 7 nitrogen and oxygen atoms in total. The minimum absolute atomic E-state index is 0.122. The van der Waals surface area contributed by atoms with Gasteiger partial charge in [0.2, 0.25) is 5.91 Å². The Kier molecular flexibility index (Phi) is 6.79. The largest absolute Gasteiger partial charge is 0.484 e. The number of aromatic nitrogens is 1. The van der Waals surface area contributed by atoms with Crippen molar-refractivity contribution in [3.8, 4) is 5.75 Å². The third-order valence-electron chi connectivity index (χ3n) is 3.16. The zero-order valence-corrected chi connectivity index (χ0v) is 16.0. The first-order chi connectivity index (χ1) is 12.7. The molecule has 2 amide bonds. The molecule has 0 saturated carbocycles. The average molecular weight is 390 g/mol. The van der Waals surface area contributed by atoms with E-state index in [0.717, 1.165) is 11.1 Å². The van der Waals surface area contributed by atoms with Crippen LogP contribution >= 0.6 is 11.6 Å². The molecule has 0 aliphatic heterocycles. The summed E-state index contributed by atoms with van der Waals surface area (Å²) in [6.45, 7) is 5.13. The van der Waals surface area contributed by atoms with Crippen molar-refractivity contribution < 1.29 is 18.7 Å². The number of carbonyl (C=O) groups excluding carboxylic acids is 2. The van der Waals surface area contributed by atoms with Crippen LogP contribution in [0.25, 0.3) is 11.1 Å². The van der Waals surface area contributed by atoms with Gasteiger partial charge in [-0.15, -0.1) is 0 Å². The molecule has 142 valence electrons. The minimum Gasteiger partial charge on any atom is -0.484 e. The molecule has 3 aromatic rings. The number of carbonyl (C=O) groups is 2. The molecule has 0 unspecified atom stereocenters. The van der Waals surface area contributed by atoms with E-state index in [1.54, 1.807) is 18.2 Å². The van der Waals surface area contributed by atoms with E-state index in [4.69, 9.17) is 20.8 Å². The Morgan fingerprint density at radius 3 is 2.44 bits per heavy atom. The van der Waals surface area contributed by atoms with Gasteiger partial charge < -0.3 is 14.9 Å². The summed E-state index contributed by atoms with van der Waals surface area (Å²) in [5.74, 6) is -0.0243. The standard InChI is InChI=1S/C17H15ClN2O3.C2H5NO/c1-10-5-11(2)7-13(6-10)22-9-16(21)20-17-19-14-8-12(18)3-4-15(14)23-17;1-2(3)4/h3-8H,9H2,1-2H3,(H,19,20,21);1H3,(H2,3,4). The summed E-state index contributed by atoms with van der Waals surface area (Å²) < 4.78 is 10.9. The number of anilines is 1. The average Bonchev–Trinajstić information content (AvgIpc) is 2.92. The summed E-state index contributed by atoms with van der Waals surface area (Å²) in [7, 11) is 0. The van der Waals surface area contributed by atoms with Crippen LogP contribution in [0.3, 0.4) is 0 Å². The van der Waals surface area contributed by atoms with Gasteiger partial charge in [0, 0.05) is 11.9 Å². The fourth-order valence-electron chi connectivity index (χ4n) is 2.27. The quantitative estimate of drug-likeness (QED) is 0.708. The van der Waals surface area contributed by atoms with E-state index in [9.17, 15) is 9.59 Å². The molecule has 3 N–H and O–H groups in total. The fraction of sp³-hybridized carbons (Fsp3) is 0.211. The van der Waals surface area contributed by atoms with Crippen LogP contribution in [0.4, 0.5) is 6.01 Å². The SMILES string of the molecule is CC(N)=O.Cc1cc(C)cc(OCC(=O)Nc2nc3cc(Cl)ccc3o2)c1. The van der Waals surface area contributed by atoms with Gasteiger partial charge >= 0.3 is 6.01 Å². The van der Waals surface area contributed by atoms with E-state index in [1.165, 1.54) is 6.92 Å². The number of amides is 2. The molecule has 0 atom stereocenters. The van der Waals surface area contributed by atoms with E-state index >= 15 is 0 Å². The van der Waals surface area contributed by atoms with Crippen LogP contribution in [0.15, 0.2) is 40.8 Å². The van der Waals surface area contributed by atoms with Crippen LogP contribution in [0.1, 0.15) is 18.1 Å². The highest BCUT2D eigenvalue weighted by Crippen LogP contribution is 2.22. The molecule has 0 radical (unpaired) electrons. The number of halogens is 1. The molecular weight excluding hydrogens is 370 g/mol. The minimum atomic E-state index is -0.346. The third kappa shape index (κ3) is 6.63. The molecular formula is C19H20ClN3O4. The van der Waals surface area contributed by atoms with Gasteiger partial charge in [-0.3, -0.25) is 14.9 Å². The zero-order chi connectivity index (χ0) is 20.0. The lowest BCUT2D eigenvalue weighted by Crippen LogP contribution is -2.20. The number of hydrogen-bond acceptors (Lipinski definition) is 5. The predicted molar refractivity (Wildman–Crippen MR) is 104 cm³/mol. The number of nitrogens with one attached hydrogen (secondary N) is 1. The van der Waals surface area contributed by atoms with Gasteiger partial charge in [-0.2, -0.15) is 4.98 Å². The van der Waals surface area contributed by atoms with Crippen LogP contribution in [-0.2, 0) is 9.59 Å². The summed E-state index contributed by atoms with van der Waals surface area (Å²) >= 11 is 5.89. The Labute approximate surface area is 161 Å². The van der Waals surface area contributed by atoms with Crippen molar-refractivity contribution in [3.63, 3.8) is 0 Å². The smallest absolute Gasteiger partial charge is 0.302 e. The maximum absolute atomic E-state index is 11.9. The van der Waals surface area contributed by atoms with Crippen molar-refractivity contribution in [2.75, 3.05) is 11.9 Å². The molecule has 0 spiro atoms. The summed E-state index contributed by atoms with van der Waals surface area (Å²) in [5, 5.41) is 3.12. The molecule has 0 saturated heterocycles. The van der Waals surface area contributed by atoms with Crippen molar-refractivity contribution in [2.45, 2.75) is 20.8 Å². The summed E-state index contributed by atoms with van der Waals surface area (Å²) in [4.78, 5) is 25.3. The molecule has 1 heterocycles. The van der Waals surface area contributed by atoms with E-state index in [2.05, 4.69) is 16.0 Å². The van der Waals surface area contributed by atoms with Crippen LogP contribution in [-0.4, -0.2) is 23.4 Å². The molecule has 2 aromatic carbocycles. The Morgan fingerprint density at radius 2 is 1.81 bits per heavy atom. The van der Waals surface area contributed by atoms with Gasteiger partial charge in [0.15, 0.2) is 12.2 Å². The van der Waals surface area contributed by atoms with Gasteiger partial charge in [0.25, 0.3) is 5.91 Å². The second kappa shape index (κ2) is 9.05. The molecule has 0 bridgehead atoms. The van der Waals surface area contributed by atoms with E-state index in [-0.39, 0.29) is 24.4 Å². The highest BCUT2D eigenvalue weighted by molar-refractivity contribution is 6.31. The number of nitrogens with two attached hydrogens (primary N) is 1. The lowest BCUT2D eigenvalue weighted by Gasteiger charge is -2.07. The topological polar surface area (TPSA) is 107 Å². The fourth-order valence-corrected chi connectivity index (χ4v) is 2.44. The zero-order valence-electron chi connectivity index (χ0n) is 15.2. The van der Waals surface area contributed by atoms with Gasteiger partial charge in [0.1, 0.15) is 11.3 Å². The number of primary amides is 1. The van der Waals surface area contributed by atoms with Gasteiger partial charge in [-0.25, -0.2) is 0 Å². The van der Waals surface area contributed by atoms with Crippen LogP contribution in [0.5, 0.6) is 5.75 Å². The molecule has 0 aliphatic rings. The van der Waals surface area contributed by atoms with E-state index in [1.807, 2.05) is 32.0 Å². The number of ether oxygens (including phenoxy) is 1. The van der Waals surface area contributed by atoms with Crippen molar-refractivity contribution in [3.05, 3.63) is 52.5 Å². The number of aryl methyl sites for hydroxylation is 2. The number of hydrogen-bond donors (Lipinski definition) is 2. The van der Waals surface area contributed by atoms with E-state index in [0.29, 0.717) is 21.9 Å². The van der Waals surface area contributed by atoms with Crippen molar-refractivity contribution in [1.29, 1.82) is 0 Å². The van der Waals surface area contributed by atoms with Crippen molar-refractivity contribution >= 4 is 40.5 Å². The number of fused-ring (bicyclic) bond motifs is 1. The van der Waals surface area contributed by atoms with Crippen LogP contribution in [0.2, 0.25) is 5.02 Å². The van der Waals surface area contributed by atoms with E-state index < -0.39 is 0 Å². The molecule has 0 fully saturated rings. The monoisotopic (exact) mass is 389 g/mol. The Bertz CT molecular complexity index is 944. The highest BCUT2D eigenvalue weighted by Gasteiger charge is 2.10. The number of nitrogens with zero attached hydrogens (tertiary/aromatic N) is 1. The first kappa shape index (κ1) is 20.3. The summed E-state index contributed by atoms with van der Waals surface area (Å²) in [6, 6.07) is 11.0. The highest BCUT2D eigenvalue weighted by atomic mass is 35.5. The van der Waals surface area contributed by atoms with Gasteiger partial charge in [-0.05, 0) is 55.3 Å². The molecule has 3 rings (SSSR count). The molecule has 1 aromatic heterocycles. The molecule has 0 aliphatic carbocycles. The Hall–Kier alpha value is -3.06. The van der Waals surface area contributed by atoms with Gasteiger partial charge in [-0.1, -0.05) is 17.7 Å². The lowest BCUT2D eigenvalue weighted by molar-refractivity contribution is -0.118. The summed E-state index contributed by atoms with van der Waals surface area (Å²) in [6.07, 6.45) is 0. The lowest BCUT2D eigenvalue weighted by atomic mass is 10.1. The van der Waals surface area contributed by atoms with Gasteiger partial charge in [0.05, 0.1) is 0 Å². The van der Waals surface area contributed by atoms with Crippen molar-refractivity contribution in [2.24, 2.45) is 5.73 Å².